The summed E-state index contributed by atoms with van der Waals surface area (Å²) in [6.07, 6.45) is 1.23. The van der Waals surface area contributed by atoms with Gasteiger partial charge in [-0.05, 0) is 44.0 Å². The van der Waals surface area contributed by atoms with Crippen LogP contribution in [-0.2, 0) is 4.79 Å². The Balaban J connectivity index is 1.53. The van der Waals surface area contributed by atoms with E-state index in [1.807, 2.05) is 41.3 Å². The van der Waals surface area contributed by atoms with E-state index in [-0.39, 0.29) is 11.9 Å². The van der Waals surface area contributed by atoms with Crippen molar-refractivity contribution in [3.05, 3.63) is 59.4 Å². The number of amides is 1. The first-order chi connectivity index (χ1) is 12.6. The maximum absolute atomic E-state index is 13.0. The summed E-state index contributed by atoms with van der Waals surface area (Å²) < 4.78 is 5.81. The number of fused-ring (bicyclic) bond motifs is 1. The van der Waals surface area contributed by atoms with E-state index in [9.17, 15) is 4.79 Å². The Morgan fingerprint density at radius 1 is 1.27 bits per heavy atom. The van der Waals surface area contributed by atoms with Gasteiger partial charge >= 0.3 is 0 Å². The molecule has 0 radical (unpaired) electrons. The normalized spacial score (nSPS) is 18.2. The number of halogens is 1. The van der Waals surface area contributed by atoms with Crippen LogP contribution < -0.4 is 4.74 Å². The lowest BCUT2D eigenvalue weighted by atomic mass is 10.2. The molecule has 5 nitrogen and oxygen atoms in total. The molecule has 1 fully saturated rings. The number of benzene rings is 2. The number of nitrogens with zero attached hydrogens (tertiary/aromatic N) is 2. The van der Waals surface area contributed by atoms with Crippen LogP contribution in [0.3, 0.4) is 0 Å². The van der Waals surface area contributed by atoms with E-state index in [0.29, 0.717) is 17.3 Å². The molecule has 1 aliphatic heterocycles. The van der Waals surface area contributed by atoms with Gasteiger partial charge in [0.1, 0.15) is 11.6 Å². The van der Waals surface area contributed by atoms with Crippen LogP contribution in [0.4, 0.5) is 0 Å². The molecule has 0 spiro atoms. The smallest absolute Gasteiger partial charge is 0.263 e. The topological polar surface area (TPSA) is 58.2 Å². The van der Waals surface area contributed by atoms with Gasteiger partial charge in [0, 0.05) is 6.54 Å². The molecule has 1 aliphatic rings. The number of likely N-dealkylation sites (tertiary alicyclic amines) is 1. The van der Waals surface area contributed by atoms with Crippen LogP contribution in [0.1, 0.15) is 31.6 Å². The monoisotopic (exact) mass is 369 g/mol. The molecule has 2 heterocycles. The van der Waals surface area contributed by atoms with Crippen LogP contribution in [0.25, 0.3) is 11.0 Å². The standard InChI is InChI=1S/C20H20ClN3O2/c1-13(26-18-11-5-2-7-14(18)21)20(25)24-12-6-10-17(24)19-22-15-8-3-4-9-16(15)23-19/h2-5,7-9,11,13,17H,6,10,12H2,1H3,(H,22,23). The van der Waals surface area contributed by atoms with Crippen molar-refractivity contribution < 1.29 is 9.53 Å². The first kappa shape index (κ1) is 16.9. The van der Waals surface area contributed by atoms with Crippen LogP contribution in [0.5, 0.6) is 5.75 Å². The summed E-state index contributed by atoms with van der Waals surface area (Å²) in [6.45, 7) is 2.47. The predicted molar refractivity (Wildman–Crippen MR) is 101 cm³/mol. The van der Waals surface area contributed by atoms with E-state index in [1.54, 1.807) is 19.1 Å². The maximum Gasteiger partial charge on any atom is 0.263 e. The lowest BCUT2D eigenvalue weighted by molar-refractivity contribution is -0.139. The zero-order valence-electron chi connectivity index (χ0n) is 14.5. The summed E-state index contributed by atoms with van der Waals surface area (Å²) >= 11 is 6.14. The van der Waals surface area contributed by atoms with E-state index in [4.69, 9.17) is 16.3 Å². The summed E-state index contributed by atoms with van der Waals surface area (Å²) in [5, 5.41) is 0.502. The summed E-state index contributed by atoms with van der Waals surface area (Å²) in [5.41, 5.74) is 1.91. The number of carbonyl (C=O) groups excluding carboxylic acids is 1. The van der Waals surface area contributed by atoms with E-state index in [1.165, 1.54) is 0 Å². The van der Waals surface area contributed by atoms with Gasteiger partial charge in [-0.25, -0.2) is 4.98 Å². The number of aromatic nitrogens is 2. The Bertz CT molecular complexity index is 906. The molecule has 4 rings (SSSR count). The zero-order valence-corrected chi connectivity index (χ0v) is 15.2. The highest BCUT2D eigenvalue weighted by Crippen LogP contribution is 2.33. The molecule has 2 unspecified atom stereocenters. The van der Waals surface area contributed by atoms with E-state index in [0.717, 1.165) is 29.7 Å². The lowest BCUT2D eigenvalue weighted by Gasteiger charge is -2.26. The van der Waals surface area contributed by atoms with Crippen molar-refractivity contribution in [1.82, 2.24) is 14.9 Å². The van der Waals surface area contributed by atoms with Crippen molar-refractivity contribution in [2.24, 2.45) is 0 Å². The molecule has 0 saturated carbocycles. The molecular weight excluding hydrogens is 350 g/mol. The molecule has 1 aromatic heterocycles. The van der Waals surface area contributed by atoms with Gasteiger partial charge in [-0.3, -0.25) is 4.79 Å². The van der Waals surface area contributed by atoms with Crippen molar-refractivity contribution in [2.75, 3.05) is 6.54 Å². The number of nitrogens with one attached hydrogen (secondary N) is 1. The highest BCUT2D eigenvalue weighted by molar-refractivity contribution is 6.32. The largest absolute Gasteiger partial charge is 0.479 e. The Morgan fingerprint density at radius 2 is 2.04 bits per heavy atom. The number of hydrogen-bond acceptors (Lipinski definition) is 3. The van der Waals surface area contributed by atoms with Gasteiger partial charge in [-0.15, -0.1) is 0 Å². The molecule has 1 N–H and O–H groups in total. The molecule has 3 aromatic rings. The van der Waals surface area contributed by atoms with Gasteiger partial charge < -0.3 is 14.6 Å². The van der Waals surface area contributed by atoms with Crippen LogP contribution in [0.15, 0.2) is 48.5 Å². The van der Waals surface area contributed by atoms with Gasteiger partial charge in [0.05, 0.1) is 22.1 Å². The summed E-state index contributed by atoms with van der Waals surface area (Å²) in [4.78, 5) is 22.9. The number of H-pyrrole nitrogens is 1. The van der Waals surface area contributed by atoms with Crippen molar-refractivity contribution in [2.45, 2.75) is 31.9 Å². The second kappa shape index (κ2) is 7.00. The highest BCUT2D eigenvalue weighted by atomic mass is 35.5. The molecular formula is C20H20ClN3O2. The number of carbonyl (C=O) groups is 1. The van der Waals surface area contributed by atoms with E-state index >= 15 is 0 Å². The number of ether oxygens (including phenoxy) is 1. The summed E-state index contributed by atoms with van der Waals surface area (Å²) in [5.74, 6) is 1.31. The fourth-order valence-electron chi connectivity index (χ4n) is 3.46. The first-order valence-corrected chi connectivity index (χ1v) is 9.17. The van der Waals surface area contributed by atoms with Crippen molar-refractivity contribution in [1.29, 1.82) is 0 Å². The van der Waals surface area contributed by atoms with Gasteiger partial charge in [0.15, 0.2) is 6.10 Å². The van der Waals surface area contributed by atoms with Gasteiger partial charge in [0.2, 0.25) is 0 Å². The molecule has 0 aliphatic carbocycles. The zero-order chi connectivity index (χ0) is 18.1. The number of hydrogen-bond donors (Lipinski definition) is 1. The molecule has 2 aromatic carbocycles. The summed E-state index contributed by atoms with van der Waals surface area (Å²) in [6, 6.07) is 15.0. The SMILES string of the molecule is CC(Oc1ccccc1Cl)C(=O)N1CCCC1c1nc2ccccc2[nH]1. The van der Waals surface area contributed by atoms with Gasteiger partial charge in [-0.2, -0.15) is 0 Å². The average Bonchev–Trinajstić information content (AvgIpc) is 3.29. The Kier molecular flexibility index (Phi) is 4.55. The molecule has 1 amide bonds. The second-order valence-electron chi connectivity index (χ2n) is 6.52. The minimum absolute atomic E-state index is 0.0483. The van der Waals surface area contributed by atoms with Crippen LogP contribution >= 0.6 is 11.6 Å². The van der Waals surface area contributed by atoms with Crippen molar-refractivity contribution >= 4 is 28.5 Å². The van der Waals surface area contributed by atoms with Crippen molar-refractivity contribution in [3.63, 3.8) is 0 Å². The van der Waals surface area contributed by atoms with Gasteiger partial charge in [-0.1, -0.05) is 35.9 Å². The maximum atomic E-state index is 13.0. The van der Waals surface area contributed by atoms with Crippen molar-refractivity contribution in [3.8, 4) is 5.75 Å². The predicted octanol–water partition coefficient (Wildman–Crippen LogP) is 4.35. The van der Waals surface area contributed by atoms with Crippen LogP contribution in [-0.4, -0.2) is 33.4 Å². The number of aromatic amines is 1. The summed E-state index contributed by atoms with van der Waals surface area (Å²) in [7, 11) is 0. The third-order valence-corrected chi connectivity index (χ3v) is 5.06. The third-order valence-electron chi connectivity index (χ3n) is 4.75. The fraction of sp³-hybridized carbons (Fsp3) is 0.300. The van der Waals surface area contributed by atoms with Crippen LogP contribution in [0, 0.1) is 0 Å². The molecule has 2 atom stereocenters. The molecule has 134 valence electrons. The van der Waals surface area contributed by atoms with Crippen LogP contribution in [0.2, 0.25) is 5.02 Å². The lowest BCUT2D eigenvalue weighted by Crippen LogP contribution is -2.40. The fourth-order valence-corrected chi connectivity index (χ4v) is 3.64. The quantitative estimate of drug-likeness (QED) is 0.743. The minimum atomic E-state index is -0.611. The second-order valence-corrected chi connectivity index (χ2v) is 6.93. The van der Waals surface area contributed by atoms with E-state index < -0.39 is 6.10 Å². The minimum Gasteiger partial charge on any atom is -0.479 e. The number of rotatable bonds is 4. The highest BCUT2D eigenvalue weighted by Gasteiger charge is 2.35. The number of imidazole rings is 1. The van der Waals surface area contributed by atoms with Gasteiger partial charge in [0.25, 0.3) is 5.91 Å². The molecule has 26 heavy (non-hydrogen) atoms. The Morgan fingerprint density at radius 3 is 2.85 bits per heavy atom. The van der Waals surface area contributed by atoms with E-state index in [2.05, 4.69) is 9.97 Å². The third kappa shape index (κ3) is 3.15. The first-order valence-electron chi connectivity index (χ1n) is 8.80. The number of para-hydroxylation sites is 3. The Hall–Kier alpha value is -2.53. The Labute approximate surface area is 156 Å². The average molecular weight is 370 g/mol. The molecule has 1 saturated heterocycles. The molecule has 0 bridgehead atoms. The molecule has 6 heteroatoms.